The zero-order chi connectivity index (χ0) is 9.02. The molecule has 0 aliphatic rings. The van der Waals surface area contributed by atoms with Crippen LogP contribution >= 0.6 is 0 Å². The fraction of sp³-hybridized carbons (Fsp3) is 0.667. The number of hydrazone groups is 1. The zero-order valence-corrected chi connectivity index (χ0v) is 8.18. The van der Waals surface area contributed by atoms with Crippen molar-refractivity contribution in [1.82, 2.24) is 5.01 Å². The first-order valence-corrected chi connectivity index (χ1v) is 3.89. The summed E-state index contributed by atoms with van der Waals surface area (Å²) < 4.78 is 0. The van der Waals surface area contributed by atoms with Crippen LogP contribution in [0.5, 0.6) is 0 Å². The van der Waals surface area contributed by atoms with Gasteiger partial charge in [-0.1, -0.05) is 6.58 Å². The Hall–Kier alpha value is -0.790. The van der Waals surface area contributed by atoms with Crippen molar-refractivity contribution in [3.05, 3.63) is 12.2 Å². The SMILES string of the molecule is C=C(C)/C(C)=N\N(C)C(C)C. The molecule has 2 nitrogen and oxygen atoms in total. The van der Waals surface area contributed by atoms with Crippen molar-refractivity contribution in [2.75, 3.05) is 7.05 Å². The molecule has 0 spiro atoms. The van der Waals surface area contributed by atoms with Gasteiger partial charge < -0.3 is 0 Å². The molecule has 0 bridgehead atoms. The normalized spacial score (nSPS) is 12.0. The van der Waals surface area contributed by atoms with Crippen LogP contribution < -0.4 is 0 Å². The minimum Gasteiger partial charge on any atom is -0.297 e. The molecule has 0 N–H and O–H groups in total. The lowest BCUT2D eigenvalue weighted by Crippen LogP contribution is -2.21. The van der Waals surface area contributed by atoms with Crippen LogP contribution in [0.4, 0.5) is 0 Å². The Morgan fingerprint density at radius 1 is 1.36 bits per heavy atom. The first kappa shape index (κ1) is 10.2. The summed E-state index contributed by atoms with van der Waals surface area (Å²) in [4.78, 5) is 0. The molecule has 0 radical (unpaired) electrons. The third-order valence-corrected chi connectivity index (χ3v) is 1.67. The molecule has 0 amide bonds. The van der Waals surface area contributed by atoms with Gasteiger partial charge in [0.15, 0.2) is 0 Å². The molecule has 0 aromatic heterocycles. The summed E-state index contributed by atoms with van der Waals surface area (Å²) in [6.45, 7) is 12.0. The lowest BCUT2D eigenvalue weighted by atomic mass is 10.2. The molecular weight excluding hydrogens is 136 g/mol. The summed E-state index contributed by atoms with van der Waals surface area (Å²) in [5.41, 5.74) is 2.03. The molecule has 64 valence electrons. The lowest BCUT2D eigenvalue weighted by Gasteiger charge is -2.18. The van der Waals surface area contributed by atoms with Crippen LogP contribution in [0.25, 0.3) is 0 Å². The highest BCUT2D eigenvalue weighted by Crippen LogP contribution is 1.98. The van der Waals surface area contributed by atoms with Gasteiger partial charge in [0.05, 0.1) is 5.71 Å². The smallest absolute Gasteiger partial charge is 0.0597 e. The Bertz CT molecular complexity index is 168. The van der Waals surface area contributed by atoms with Gasteiger partial charge in [-0.3, -0.25) is 5.01 Å². The van der Waals surface area contributed by atoms with Crippen LogP contribution in [-0.4, -0.2) is 23.8 Å². The summed E-state index contributed by atoms with van der Waals surface area (Å²) in [7, 11) is 1.97. The summed E-state index contributed by atoms with van der Waals surface area (Å²) in [5.74, 6) is 0. The van der Waals surface area contributed by atoms with Gasteiger partial charge in [0.2, 0.25) is 0 Å². The van der Waals surface area contributed by atoms with Crippen molar-refractivity contribution in [1.29, 1.82) is 0 Å². The molecular formula is C9H18N2. The molecule has 11 heavy (non-hydrogen) atoms. The molecule has 0 aliphatic carbocycles. The van der Waals surface area contributed by atoms with Gasteiger partial charge in [-0.15, -0.1) is 0 Å². The second-order valence-corrected chi connectivity index (χ2v) is 3.13. The molecule has 0 aromatic rings. The summed E-state index contributed by atoms with van der Waals surface area (Å²) in [5, 5.41) is 6.26. The largest absolute Gasteiger partial charge is 0.297 e. The third-order valence-electron chi connectivity index (χ3n) is 1.67. The molecule has 0 atom stereocenters. The molecule has 0 saturated heterocycles. The minimum atomic E-state index is 0.448. The van der Waals surface area contributed by atoms with E-state index >= 15 is 0 Å². The van der Waals surface area contributed by atoms with Crippen LogP contribution in [0.1, 0.15) is 27.7 Å². The zero-order valence-electron chi connectivity index (χ0n) is 8.18. The van der Waals surface area contributed by atoms with E-state index in [9.17, 15) is 0 Å². The highest BCUT2D eigenvalue weighted by Gasteiger charge is 1.99. The van der Waals surface area contributed by atoms with Gasteiger partial charge in [-0.25, -0.2) is 0 Å². The molecule has 0 aromatic carbocycles. The van der Waals surface area contributed by atoms with Crippen molar-refractivity contribution in [3.63, 3.8) is 0 Å². The fourth-order valence-corrected chi connectivity index (χ4v) is 0.437. The fourth-order valence-electron chi connectivity index (χ4n) is 0.437. The van der Waals surface area contributed by atoms with Crippen molar-refractivity contribution < 1.29 is 0 Å². The molecule has 0 heterocycles. The molecule has 2 heteroatoms. The summed E-state index contributed by atoms with van der Waals surface area (Å²) >= 11 is 0. The summed E-state index contributed by atoms with van der Waals surface area (Å²) in [6, 6.07) is 0.448. The van der Waals surface area contributed by atoms with E-state index in [0.717, 1.165) is 11.3 Å². The topological polar surface area (TPSA) is 15.6 Å². The van der Waals surface area contributed by atoms with E-state index in [-0.39, 0.29) is 0 Å². The average Bonchev–Trinajstić information content (AvgIpc) is 1.87. The van der Waals surface area contributed by atoms with E-state index in [1.807, 2.05) is 25.9 Å². The van der Waals surface area contributed by atoms with Crippen molar-refractivity contribution >= 4 is 5.71 Å². The van der Waals surface area contributed by atoms with Crippen molar-refractivity contribution in [3.8, 4) is 0 Å². The van der Waals surface area contributed by atoms with Gasteiger partial charge in [0.25, 0.3) is 0 Å². The average molecular weight is 154 g/mol. The highest BCUT2D eigenvalue weighted by molar-refractivity contribution is 5.96. The monoisotopic (exact) mass is 154 g/mol. The van der Waals surface area contributed by atoms with E-state index in [2.05, 4.69) is 25.5 Å². The van der Waals surface area contributed by atoms with Crippen LogP contribution in [0.3, 0.4) is 0 Å². The molecule has 0 rings (SSSR count). The molecule has 0 saturated carbocycles. The van der Waals surface area contributed by atoms with E-state index in [0.29, 0.717) is 6.04 Å². The van der Waals surface area contributed by atoms with Crippen LogP contribution in [0, 0.1) is 0 Å². The maximum atomic E-state index is 4.33. The van der Waals surface area contributed by atoms with Gasteiger partial charge >= 0.3 is 0 Å². The van der Waals surface area contributed by atoms with Gasteiger partial charge in [0, 0.05) is 13.1 Å². The predicted octanol–water partition coefficient (Wildman–Crippen LogP) is 2.28. The van der Waals surface area contributed by atoms with Gasteiger partial charge in [0.1, 0.15) is 0 Å². The van der Waals surface area contributed by atoms with E-state index in [4.69, 9.17) is 0 Å². The van der Waals surface area contributed by atoms with Crippen molar-refractivity contribution in [2.24, 2.45) is 5.10 Å². The Morgan fingerprint density at radius 3 is 2.09 bits per heavy atom. The van der Waals surface area contributed by atoms with E-state index < -0.39 is 0 Å². The Labute approximate surface area is 69.6 Å². The third kappa shape index (κ3) is 3.81. The Morgan fingerprint density at radius 2 is 1.82 bits per heavy atom. The minimum absolute atomic E-state index is 0.448. The maximum Gasteiger partial charge on any atom is 0.0597 e. The first-order chi connectivity index (χ1) is 4.95. The number of hydrogen-bond donors (Lipinski definition) is 0. The number of rotatable bonds is 3. The number of hydrogen-bond acceptors (Lipinski definition) is 2. The van der Waals surface area contributed by atoms with Crippen molar-refractivity contribution in [2.45, 2.75) is 33.7 Å². The lowest BCUT2D eigenvalue weighted by molar-refractivity contribution is 0.288. The predicted molar refractivity (Wildman–Crippen MR) is 50.8 cm³/mol. The van der Waals surface area contributed by atoms with E-state index in [1.165, 1.54) is 0 Å². The van der Waals surface area contributed by atoms with E-state index in [1.54, 1.807) is 0 Å². The maximum absolute atomic E-state index is 4.33. The first-order valence-electron chi connectivity index (χ1n) is 3.89. The second-order valence-electron chi connectivity index (χ2n) is 3.13. The Balaban J connectivity index is 4.19. The van der Waals surface area contributed by atoms with Gasteiger partial charge in [-0.05, 0) is 33.3 Å². The summed E-state index contributed by atoms with van der Waals surface area (Å²) in [6.07, 6.45) is 0. The molecule has 0 fully saturated rings. The standard InChI is InChI=1S/C9H18N2/c1-7(2)9(5)10-11(6)8(3)4/h8H,1H2,2-6H3/b10-9-. The second kappa shape index (κ2) is 4.16. The molecule has 0 aliphatic heterocycles. The quantitative estimate of drug-likeness (QED) is 0.450. The number of nitrogens with zero attached hydrogens (tertiary/aromatic N) is 2. The van der Waals surface area contributed by atoms with Gasteiger partial charge in [-0.2, -0.15) is 5.10 Å². The van der Waals surface area contributed by atoms with Crippen LogP contribution in [-0.2, 0) is 0 Å². The number of allylic oxidation sites excluding steroid dienone is 1. The highest BCUT2D eigenvalue weighted by atomic mass is 15.4. The molecule has 0 unspecified atom stereocenters. The van der Waals surface area contributed by atoms with Crippen LogP contribution in [0.15, 0.2) is 17.3 Å². The Kier molecular flexibility index (Phi) is 3.86. The van der Waals surface area contributed by atoms with Crippen LogP contribution in [0.2, 0.25) is 0 Å².